The second-order valence-electron chi connectivity index (χ2n) is 17.8. The molecule has 0 aliphatic heterocycles. The number of aliphatic hydroxyl groups is 1. The van der Waals surface area contributed by atoms with E-state index in [2.05, 4.69) is 180 Å². The molecule has 0 fully saturated rings. The molecule has 9 heteroatoms. The number of pyridine rings is 1. The Labute approximate surface area is 425 Å². The van der Waals surface area contributed by atoms with Crippen LogP contribution in [0.2, 0.25) is 0 Å². The van der Waals surface area contributed by atoms with Gasteiger partial charge in [0.05, 0.1) is 16.8 Å². The maximum Gasteiger partial charge on any atom is 0.155 e. The number of hydrogen-bond acceptors (Lipinski definition) is 6. The molecule has 0 unspecified atom stereocenters. The minimum Gasteiger partial charge on any atom is -0.512 e. The van der Waals surface area contributed by atoms with E-state index in [1.54, 1.807) is 13.1 Å². The first-order valence-corrected chi connectivity index (χ1v) is 24.5. The number of allylic oxidation sites excluding steroid dienone is 3. The first-order valence-electron chi connectivity index (χ1n) is 22.9. The number of para-hydroxylation sites is 2. The third kappa shape index (κ3) is 6.86. The van der Waals surface area contributed by atoms with Crippen LogP contribution >= 0.6 is 22.7 Å². The van der Waals surface area contributed by atoms with Gasteiger partial charge in [0.15, 0.2) is 5.78 Å². The Morgan fingerprint density at radius 3 is 1.87 bits per heavy atom. The Morgan fingerprint density at radius 1 is 0.671 bits per heavy atom. The standard InChI is InChI=1S/C30H17N2S.C26H19N2S.C5H8O2.Ir/c1-17-9-12-24(31-16-17)18-10-13-25-23(15-18)20-6-4-7-22-28-26(32(25)29(20)22)14-11-21-19-5-2-3-8-27(19)33-30(21)28;1-5-21(27-4)16-9-11-22-20(13-16)18-7-6-8-19-24-23(28(22)25(18)19)12-10-17-14(2)15(3)29-26(17)24;1-4(6)3-5(2)7;/h2-9,11-16H,1H3;5-8,10-13H,1H2,2-4H3;3,6H,1-2H3;/q2*-1;;/b;;4-3-;. The molecule has 7 aromatic heterocycles. The smallest absolute Gasteiger partial charge is 0.155 e. The maximum atomic E-state index is 10.0. The van der Waals surface area contributed by atoms with Gasteiger partial charge in [0.25, 0.3) is 0 Å². The number of thiophene rings is 2. The van der Waals surface area contributed by atoms with Gasteiger partial charge in [-0.2, -0.15) is 0 Å². The average Bonchev–Trinajstić information content (AvgIpc) is 4.19. The Balaban J connectivity index is 0.000000134. The van der Waals surface area contributed by atoms with E-state index in [1.165, 1.54) is 142 Å². The normalized spacial score (nSPS) is 12.4. The van der Waals surface area contributed by atoms with Crippen LogP contribution in [0.1, 0.15) is 35.4 Å². The summed E-state index contributed by atoms with van der Waals surface area (Å²) in [7, 11) is 1.80. The number of rotatable bonds is 4. The monoisotopic (exact) mass is 1120 g/mol. The minimum absolute atomic E-state index is 0. The zero-order valence-corrected chi connectivity index (χ0v) is 43.3. The van der Waals surface area contributed by atoms with Crippen LogP contribution in [0.25, 0.3) is 118 Å². The predicted octanol–water partition coefficient (Wildman–Crippen LogP) is 16.5. The summed E-state index contributed by atoms with van der Waals surface area (Å²) in [6, 6.07) is 51.1. The molecule has 7 aromatic carbocycles. The summed E-state index contributed by atoms with van der Waals surface area (Å²) in [6.07, 6.45) is 4.88. The van der Waals surface area contributed by atoms with Crippen LogP contribution in [0.3, 0.4) is 0 Å². The summed E-state index contributed by atoms with van der Waals surface area (Å²) < 4.78 is 8.97. The van der Waals surface area contributed by atoms with Crippen molar-refractivity contribution in [3.05, 3.63) is 186 Å². The van der Waals surface area contributed by atoms with Gasteiger partial charge in [0.1, 0.15) is 0 Å². The topological polar surface area (TPSA) is 71.4 Å². The number of ketones is 1. The van der Waals surface area contributed by atoms with Crippen molar-refractivity contribution in [2.75, 3.05) is 7.05 Å². The number of aromatic nitrogens is 3. The van der Waals surface area contributed by atoms with E-state index in [-0.39, 0.29) is 31.6 Å². The molecule has 343 valence electrons. The van der Waals surface area contributed by atoms with Crippen molar-refractivity contribution in [2.45, 2.75) is 34.6 Å². The molecule has 0 atom stereocenters. The summed E-state index contributed by atoms with van der Waals surface area (Å²) in [6.45, 7) is 13.3. The molecule has 0 spiro atoms. The Bertz CT molecular complexity index is 4490. The van der Waals surface area contributed by atoms with Crippen LogP contribution in [-0.4, -0.2) is 37.4 Å². The predicted molar refractivity (Wildman–Crippen MR) is 295 cm³/mol. The number of carbonyl (C=O) groups is 1. The number of aryl methyl sites for hydroxylation is 3. The number of hydrogen-bond donors (Lipinski definition) is 1. The van der Waals surface area contributed by atoms with E-state index in [0.29, 0.717) is 0 Å². The fourth-order valence-corrected chi connectivity index (χ4v) is 13.0. The SMILES string of the molecule is C=CC(=NC)c1[c-]cc2c(c1)c1cccc3c4c5sc(C)c(C)c5ccc4n2c13.CC(=O)/C=C(/C)O.Cc1ccc(-c2[c-]cc3c(c2)c2cccc4c5c6sc7ccccc7c6ccc5n3c24)nc1.[Ir]. The second-order valence-corrected chi connectivity index (χ2v) is 20.1. The van der Waals surface area contributed by atoms with Crippen molar-refractivity contribution in [1.29, 1.82) is 0 Å². The minimum atomic E-state index is -0.125. The number of fused-ring (bicyclic) bond motifs is 18. The molecule has 0 aliphatic carbocycles. The molecule has 0 amide bonds. The largest absolute Gasteiger partial charge is 0.512 e. The molecule has 14 rings (SSSR count). The van der Waals surface area contributed by atoms with E-state index >= 15 is 0 Å². The molecule has 0 saturated carbocycles. The number of benzene rings is 7. The fraction of sp³-hybridized carbons (Fsp3) is 0.0984. The molecule has 0 aliphatic rings. The molecule has 1 radical (unpaired) electrons. The van der Waals surface area contributed by atoms with Crippen LogP contribution < -0.4 is 0 Å². The third-order valence-electron chi connectivity index (χ3n) is 13.6. The Morgan fingerprint density at radius 2 is 1.27 bits per heavy atom. The van der Waals surface area contributed by atoms with Gasteiger partial charge in [-0.3, -0.25) is 4.79 Å². The molecule has 7 heterocycles. The number of aliphatic imine (C=N–C) groups is 1. The number of carbonyl (C=O) groups excluding carboxylic acids is 1. The second kappa shape index (κ2) is 17.3. The first kappa shape index (κ1) is 45.2. The molecule has 1 N–H and O–H groups in total. The summed E-state index contributed by atoms with van der Waals surface area (Å²) in [5.74, 6) is -0.0625. The van der Waals surface area contributed by atoms with Gasteiger partial charge in [0, 0.05) is 102 Å². The van der Waals surface area contributed by atoms with Gasteiger partial charge in [-0.25, -0.2) is 0 Å². The fourth-order valence-electron chi connectivity index (χ4n) is 10.5. The van der Waals surface area contributed by atoms with Crippen LogP contribution in [-0.2, 0) is 24.9 Å². The van der Waals surface area contributed by atoms with Gasteiger partial charge in [0.2, 0.25) is 0 Å². The molecular formula is C61H44IrN4O2S2-2. The van der Waals surface area contributed by atoms with Crippen LogP contribution in [0.15, 0.2) is 157 Å². The molecule has 70 heavy (non-hydrogen) atoms. The maximum absolute atomic E-state index is 10.0. The average molecular weight is 1120 g/mol. The first-order chi connectivity index (χ1) is 33.5. The van der Waals surface area contributed by atoms with Crippen LogP contribution in [0, 0.1) is 32.9 Å². The molecule has 14 aromatic rings. The molecular weight excluding hydrogens is 1080 g/mol. The van der Waals surface area contributed by atoms with Gasteiger partial charge in [-0.05, 0) is 103 Å². The summed E-state index contributed by atoms with van der Waals surface area (Å²) in [5, 5.41) is 22.9. The third-order valence-corrected chi connectivity index (χ3v) is 16.1. The van der Waals surface area contributed by atoms with Crippen LogP contribution in [0.4, 0.5) is 0 Å². The zero-order valence-electron chi connectivity index (χ0n) is 39.3. The number of nitrogens with zero attached hydrogens (tertiary/aromatic N) is 4. The van der Waals surface area contributed by atoms with Gasteiger partial charge >= 0.3 is 0 Å². The summed E-state index contributed by atoms with van der Waals surface area (Å²) in [5.41, 5.74) is 14.0. The van der Waals surface area contributed by atoms with Crippen molar-refractivity contribution in [1.82, 2.24) is 13.8 Å². The zero-order chi connectivity index (χ0) is 47.4. The van der Waals surface area contributed by atoms with Crippen molar-refractivity contribution in [2.24, 2.45) is 4.99 Å². The van der Waals surface area contributed by atoms with E-state index in [4.69, 9.17) is 5.11 Å². The van der Waals surface area contributed by atoms with E-state index in [1.807, 2.05) is 28.9 Å². The van der Waals surface area contributed by atoms with E-state index in [0.717, 1.165) is 22.5 Å². The number of aliphatic hydroxyl groups excluding tert-OH is 1. The Kier molecular flexibility index (Phi) is 11.2. The van der Waals surface area contributed by atoms with Crippen molar-refractivity contribution in [3.63, 3.8) is 0 Å². The van der Waals surface area contributed by atoms with E-state index < -0.39 is 0 Å². The van der Waals surface area contributed by atoms with E-state index in [9.17, 15) is 4.79 Å². The quantitative estimate of drug-likeness (QED) is 0.0826. The molecule has 0 saturated heterocycles. The van der Waals surface area contributed by atoms with Gasteiger partial charge < -0.3 is 23.9 Å². The van der Waals surface area contributed by atoms with Gasteiger partial charge in [-0.1, -0.05) is 95.7 Å². The van der Waals surface area contributed by atoms with Gasteiger partial charge in [-0.15, -0.1) is 76.8 Å². The summed E-state index contributed by atoms with van der Waals surface area (Å²) in [4.78, 5) is 20.4. The summed E-state index contributed by atoms with van der Waals surface area (Å²) >= 11 is 3.81. The van der Waals surface area contributed by atoms with Crippen molar-refractivity contribution < 1.29 is 30.0 Å². The molecule has 0 bridgehead atoms. The van der Waals surface area contributed by atoms with Crippen molar-refractivity contribution >= 4 is 141 Å². The Hall–Kier alpha value is -7.26. The van der Waals surface area contributed by atoms with Crippen molar-refractivity contribution in [3.8, 4) is 11.3 Å². The molecule has 6 nitrogen and oxygen atoms in total. The van der Waals surface area contributed by atoms with Crippen LogP contribution in [0.5, 0.6) is 0 Å².